The van der Waals surface area contributed by atoms with E-state index in [-0.39, 0.29) is 0 Å². The van der Waals surface area contributed by atoms with Crippen molar-refractivity contribution in [3.8, 4) is 0 Å². The average molecular weight is 195 g/mol. The molecule has 0 aromatic carbocycles. The fourth-order valence-corrected chi connectivity index (χ4v) is 2.25. The fourth-order valence-electron chi connectivity index (χ4n) is 2.25. The maximum atomic E-state index is 2.56. The van der Waals surface area contributed by atoms with Crippen LogP contribution in [0.1, 0.15) is 48.0 Å². The van der Waals surface area contributed by atoms with Gasteiger partial charge in [-0.05, 0) is 32.6 Å². The average Bonchev–Trinajstić information content (AvgIpc) is 2.01. The van der Waals surface area contributed by atoms with Crippen LogP contribution in [0.15, 0.2) is 11.6 Å². The van der Waals surface area contributed by atoms with Crippen molar-refractivity contribution in [1.82, 2.24) is 4.90 Å². The van der Waals surface area contributed by atoms with Gasteiger partial charge in [-0.3, -0.25) is 4.90 Å². The lowest BCUT2D eigenvalue weighted by Crippen LogP contribution is -2.42. The normalized spacial score (nSPS) is 25.4. The van der Waals surface area contributed by atoms with E-state index in [2.05, 4.69) is 52.5 Å². The van der Waals surface area contributed by atoms with Gasteiger partial charge < -0.3 is 0 Å². The highest BCUT2D eigenvalue weighted by atomic mass is 15.2. The Kier molecular flexibility index (Phi) is 3.41. The number of hydrogen-bond acceptors (Lipinski definition) is 1. The molecule has 1 rings (SSSR count). The molecule has 0 unspecified atom stereocenters. The third kappa shape index (κ3) is 2.60. The monoisotopic (exact) mass is 195 g/mol. The van der Waals surface area contributed by atoms with Crippen LogP contribution in [0.5, 0.6) is 0 Å². The van der Waals surface area contributed by atoms with Gasteiger partial charge in [0.25, 0.3) is 0 Å². The van der Waals surface area contributed by atoms with Gasteiger partial charge in [-0.15, -0.1) is 0 Å². The molecule has 0 amide bonds. The second-order valence-electron chi connectivity index (χ2n) is 5.82. The summed E-state index contributed by atoms with van der Waals surface area (Å²) in [4.78, 5) is 2.56. The summed E-state index contributed by atoms with van der Waals surface area (Å²) in [6, 6.07) is 1.37. The van der Waals surface area contributed by atoms with Crippen LogP contribution in [0.25, 0.3) is 0 Å². The Bertz CT molecular complexity index is 220. The Morgan fingerprint density at radius 1 is 1.36 bits per heavy atom. The first kappa shape index (κ1) is 11.8. The summed E-state index contributed by atoms with van der Waals surface area (Å²) in [5.41, 5.74) is 1.99. The largest absolute Gasteiger partial charge is 0.294 e. The maximum absolute atomic E-state index is 2.56. The van der Waals surface area contributed by atoms with Gasteiger partial charge in [0, 0.05) is 18.6 Å². The molecule has 0 N–H and O–H groups in total. The van der Waals surface area contributed by atoms with Crippen LogP contribution in [0.2, 0.25) is 0 Å². The van der Waals surface area contributed by atoms with Crippen LogP contribution in [-0.4, -0.2) is 23.5 Å². The van der Waals surface area contributed by atoms with Crippen LogP contribution < -0.4 is 0 Å². The molecule has 0 saturated heterocycles. The van der Waals surface area contributed by atoms with Crippen molar-refractivity contribution in [2.75, 3.05) is 6.54 Å². The molecule has 0 aromatic rings. The molecule has 1 nitrogen and oxygen atoms in total. The van der Waals surface area contributed by atoms with E-state index in [1.165, 1.54) is 6.42 Å². The van der Waals surface area contributed by atoms with Crippen molar-refractivity contribution in [1.29, 1.82) is 0 Å². The van der Waals surface area contributed by atoms with E-state index in [1.807, 2.05) is 0 Å². The SMILES string of the molecule is CC(C)N1CC=C(C(C)(C)C)C[C@H]1C. The molecule has 1 aliphatic rings. The molecule has 0 aromatic heterocycles. The lowest BCUT2D eigenvalue weighted by molar-refractivity contribution is 0.165. The Labute approximate surface area is 89.2 Å². The summed E-state index contributed by atoms with van der Waals surface area (Å²) in [6.45, 7) is 15.0. The van der Waals surface area contributed by atoms with Gasteiger partial charge >= 0.3 is 0 Å². The molecular formula is C13H25N. The predicted molar refractivity (Wildman–Crippen MR) is 63.5 cm³/mol. The fraction of sp³-hybridized carbons (Fsp3) is 0.846. The standard InChI is InChI=1S/C13H25N/c1-10(2)14-8-7-12(9-11(14)3)13(4,5)6/h7,10-11H,8-9H2,1-6H3/t11-/m1/s1. The van der Waals surface area contributed by atoms with Gasteiger partial charge in [-0.2, -0.15) is 0 Å². The summed E-state index contributed by atoms with van der Waals surface area (Å²) in [5, 5.41) is 0. The van der Waals surface area contributed by atoms with Crippen molar-refractivity contribution in [2.24, 2.45) is 5.41 Å². The molecule has 1 heterocycles. The Hall–Kier alpha value is -0.300. The molecular weight excluding hydrogens is 170 g/mol. The molecule has 0 saturated carbocycles. The molecule has 0 aliphatic carbocycles. The topological polar surface area (TPSA) is 3.24 Å². The van der Waals surface area contributed by atoms with Crippen molar-refractivity contribution in [3.63, 3.8) is 0 Å². The second kappa shape index (κ2) is 4.06. The summed E-state index contributed by atoms with van der Waals surface area (Å²) in [5.74, 6) is 0. The van der Waals surface area contributed by atoms with E-state index in [9.17, 15) is 0 Å². The lowest BCUT2D eigenvalue weighted by Gasteiger charge is -2.39. The zero-order valence-electron chi connectivity index (χ0n) is 10.6. The third-order valence-electron chi connectivity index (χ3n) is 3.26. The first-order valence-electron chi connectivity index (χ1n) is 5.77. The van der Waals surface area contributed by atoms with Gasteiger partial charge in [0.1, 0.15) is 0 Å². The molecule has 14 heavy (non-hydrogen) atoms. The van der Waals surface area contributed by atoms with E-state index < -0.39 is 0 Å². The van der Waals surface area contributed by atoms with Gasteiger partial charge in [-0.1, -0.05) is 32.4 Å². The summed E-state index contributed by atoms with van der Waals surface area (Å²) in [6.07, 6.45) is 3.67. The highest BCUT2D eigenvalue weighted by molar-refractivity contribution is 5.16. The first-order chi connectivity index (χ1) is 6.32. The Balaban J connectivity index is 2.73. The molecule has 0 fully saturated rings. The molecule has 1 heteroatoms. The molecule has 82 valence electrons. The number of rotatable bonds is 1. The van der Waals surface area contributed by atoms with Gasteiger partial charge in [0.2, 0.25) is 0 Å². The molecule has 1 aliphatic heterocycles. The van der Waals surface area contributed by atoms with Crippen molar-refractivity contribution < 1.29 is 0 Å². The molecule has 0 radical (unpaired) electrons. The summed E-state index contributed by atoms with van der Waals surface area (Å²) < 4.78 is 0. The van der Waals surface area contributed by atoms with Crippen LogP contribution >= 0.6 is 0 Å². The highest BCUT2D eigenvalue weighted by Crippen LogP contribution is 2.33. The zero-order chi connectivity index (χ0) is 10.9. The van der Waals surface area contributed by atoms with E-state index in [1.54, 1.807) is 5.57 Å². The number of hydrogen-bond donors (Lipinski definition) is 0. The van der Waals surface area contributed by atoms with E-state index >= 15 is 0 Å². The minimum atomic E-state index is 0.358. The third-order valence-corrected chi connectivity index (χ3v) is 3.26. The van der Waals surface area contributed by atoms with E-state index in [0.29, 0.717) is 17.5 Å². The second-order valence-corrected chi connectivity index (χ2v) is 5.82. The summed E-state index contributed by atoms with van der Waals surface area (Å²) >= 11 is 0. The van der Waals surface area contributed by atoms with E-state index in [4.69, 9.17) is 0 Å². The van der Waals surface area contributed by atoms with E-state index in [0.717, 1.165) is 6.54 Å². The van der Waals surface area contributed by atoms with Crippen LogP contribution in [-0.2, 0) is 0 Å². The van der Waals surface area contributed by atoms with Crippen molar-refractivity contribution >= 4 is 0 Å². The Morgan fingerprint density at radius 2 is 1.93 bits per heavy atom. The minimum Gasteiger partial charge on any atom is -0.294 e. The summed E-state index contributed by atoms with van der Waals surface area (Å²) in [7, 11) is 0. The molecule has 1 atom stereocenters. The van der Waals surface area contributed by atoms with Gasteiger partial charge in [0.15, 0.2) is 0 Å². The van der Waals surface area contributed by atoms with Crippen molar-refractivity contribution in [2.45, 2.75) is 60.0 Å². The quantitative estimate of drug-likeness (QED) is 0.579. The van der Waals surface area contributed by atoms with Crippen LogP contribution in [0.3, 0.4) is 0 Å². The number of nitrogens with zero attached hydrogens (tertiary/aromatic N) is 1. The van der Waals surface area contributed by atoms with Crippen LogP contribution in [0.4, 0.5) is 0 Å². The van der Waals surface area contributed by atoms with Crippen molar-refractivity contribution in [3.05, 3.63) is 11.6 Å². The van der Waals surface area contributed by atoms with Crippen LogP contribution in [0, 0.1) is 5.41 Å². The van der Waals surface area contributed by atoms with Gasteiger partial charge in [-0.25, -0.2) is 0 Å². The minimum absolute atomic E-state index is 0.358. The highest BCUT2D eigenvalue weighted by Gasteiger charge is 2.26. The smallest absolute Gasteiger partial charge is 0.0171 e. The molecule has 0 spiro atoms. The Morgan fingerprint density at radius 3 is 2.29 bits per heavy atom. The maximum Gasteiger partial charge on any atom is 0.0171 e. The first-order valence-corrected chi connectivity index (χ1v) is 5.77. The van der Waals surface area contributed by atoms with Gasteiger partial charge in [0.05, 0.1) is 0 Å². The molecule has 0 bridgehead atoms. The predicted octanol–water partition coefficient (Wildman–Crippen LogP) is 3.46. The lowest BCUT2D eigenvalue weighted by atomic mass is 9.80. The zero-order valence-corrected chi connectivity index (χ0v) is 10.6.